The fourth-order valence-electron chi connectivity index (χ4n) is 0.805. The molecule has 0 aliphatic carbocycles. The van der Waals surface area contributed by atoms with Crippen LogP contribution in [-0.4, -0.2) is 24.8 Å². The Morgan fingerprint density at radius 1 is 1.36 bits per heavy atom. The molecule has 5 heteroatoms. The minimum atomic E-state index is -0.865. The minimum absolute atomic E-state index is 0.275. The SMILES string of the molecule is COc1ccccc1OOC(=O)CO. The second-order valence-corrected chi connectivity index (χ2v) is 2.35. The summed E-state index contributed by atoms with van der Waals surface area (Å²) >= 11 is 0. The number of aliphatic hydroxyl groups excluding tert-OH is 1. The third-order valence-corrected chi connectivity index (χ3v) is 1.42. The van der Waals surface area contributed by atoms with E-state index < -0.39 is 12.6 Å². The van der Waals surface area contributed by atoms with Crippen LogP contribution in [0.25, 0.3) is 0 Å². The van der Waals surface area contributed by atoms with Gasteiger partial charge in [-0.15, -0.1) is 0 Å². The molecule has 0 aromatic heterocycles. The number of hydrogen-bond donors (Lipinski definition) is 1. The number of ether oxygens (including phenoxy) is 1. The average molecular weight is 198 g/mol. The lowest BCUT2D eigenvalue weighted by molar-refractivity contribution is -0.217. The molecular weight excluding hydrogens is 188 g/mol. The van der Waals surface area contributed by atoms with Gasteiger partial charge in [-0.2, -0.15) is 0 Å². The molecule has 0 fully saturated rings. The molecule has 0 radical (unpaired) electrons. The lowest BCUT2D eigenvalue weighted by Gasteiger charge is -2.06. The highest BCUT2D eigenvalue weighted by molar-refractivity contribution is 5.69. The summed E-state index contributed by atoms with van der Waals surface area (Å²) in [5.41, 5.74) is 0. The number of rotatable bonds is 4. The van der Waals surface area contributed by atoms with E-state index in [2.05, 4.69) is 9.78 Å². The van der Waals surface area contributed by atoms with Crippen molar-refractivity contribution < 1.29 is 24.4 Å². The Labute approximate surface area is 80.8 Å². The van der Waals surface area contributed by atoms with E-state index in [1.165, 1.54) is 7.11 Å². The summed E-state index contributed by atoms with van der Waals surface area (Å²) in [7, 11) is 1.47. The molecule has 0 unspecified atom stereocenters. The number of hydrogen-bond acceptors (Lipinski definition) is 5. The standard InChI is InChI=1S/C9H10O5/c1-12-7-4-2-3-5-8(7)13-14-9(11)6-10/h2-5,10H,6H2,1H3. The van der Waals surface area contributed by atoms with Crippen LogP contribution in [0.3, 0.4) is 0 Å². The number of carbonyl (C=O) groups is 1. The van der Waals surface area contributed by atoms with Crippen LogP contribution in [0, 0.1) is 0 Å². The van der Waals surface area contributed by atoms with Crippen molar-refractivity contribution in [3.05, 3.63) is 24.3 Å². The van der Waals surface area contributed by atoms with E-state index in [1.54, 1.807) is 24.3 Å². The molecule has 0 saturated carbocycles. The van der Waals surface area contributed by atoms with Gasteiger partial charge in [0, 0.05) is 0 Å². The Kier molecular flexibility index (Phi) is 3.75. The number of benzene rings is 1. The number of aliphatic hydroxyl groups is 1. The van der Waals surface area contributed by atoms with Crippen LogP contribution in [-0.2, 0) is 9.68 Å². The highest BCUT2D eigenvalue weighted by Crippen LogP contribution is 2.25. The summed E-state index contributed by atoms with van der Waals surface area (Å²) in [6.45, 7) is -0.727. The Hall–Kier alpha value is -1.75. The maximum Gasteiger partial charge on any atom is 0.380 e. The van der Waals surface area contributed by atoms with Crippen LogP contribution in [0.2, 0.25) is 0 Å². The molecule has 0 saturated heterocycles. The van der Waals surface area contributed by atoms with Gasteiger partial charge < -0.3 is 9.84 Å². The van der Waals surface area contributed by atoms with Crippen molar-refractivity contribution in [2.45, 2.75) is 0 Å². The summed E-state index contributed by atoms with van der Waals surface area (Å²) in [4.78, 5) is 19.4. The van der Waals surface area contributed by atoms with Gasteiger partial charge in [0.15, 0.2) is 5.75 Å². The first kappa shape index (κ1) is 10.3. The van der Waals surface area contributed by atoms with Crippen molar-refractivity contribution >= 4 is 5.97 Å². The first-order valence-electron chi connectivity index (χ1n) is 3.89. The Bertz CT molecular complexity index is 310. The van der Waals surface area contributed by atoms with E-state index in [1.807, 2.05) is 0 Å². The van der Waals surface area contributed by atoms with Crippen LogP contribution in [0.1, 0.15) is 0 Å². The number of carbonyl (C=O) groups excluding carboxylic acids is 1. The van der Waals surface area contributed by atoms with E-state index in [0.29, 0.717) is 5.75 Å². The van der Waals surface area contributed by atoms with Gasteiger partial charge in [-0.05, 0) is 12.1 Å². The third-order valence-electron chi connectivity index (χ3n) is 1.42. The predicted octanol–water partition coefficient (Wildman–Crippen LogP) is 0.524. The number of methoxy groups -OCH3 is 1. The van der Waals surface area contributed by atoms with Gasteiger partial charge in [0.1, 0.15) is 6.61 Å². The van der Waals surface area contributed by atoms with Crippen LogP contribution in [0.15, 0.2) is 24.3 Å². The number of para-hydroxylation sites is 2. The topological polar surface area (TPSA) is 65.0 Å². The van der Waals surface area contributed by atoms with Gasteiger partial charge in [0.05, 0.1) is 7.11 Å². The quantitative estimate of drug-likeness (QED) is 0.564. The summed E-state index contributed by atoms with van der Waals surface area (Å²) in [5.74, 6) is -0.147. The summed E-state index contributed by atoms with van der Waals surface area (Å²) in [6.07, 6.45) is 0. The first-order chi connectivity index (χ1) is 6.77. The maximum atomic E-state index is 10.5. The lowest BCUT2D eigenvalue weighted by atomic mass is 10.3. The molecule has 0 spiro atoms. The van der Waals surface area contributed by atoms with E-state index in [9.17, 15) is 4.79 Å². The first-order valence-corrected chi connectivity index (χ1v) is 3.89. The van der Waals surface area contributed by atoms with Gasteiger partial charge in [-0.1, -0.05) is 12.1 Å². The molecular formula is C9H10O5. The summed E-state index contributed by atoms with van der Waals surface area (Å²) in [6, 6.07) is 6.68. The van der Waals surface area contributed by atoms with Crippen LogP contribution >= 0.6 is 0 Å². The average Bonchev–Trinajstić information content (AvgIpc) is 2.26. The second kappa shape index (κ2) is 5.08. The summed E-state index contributed by atoms with van der Waals surface area (Å²) in [5, 5.41) is 8.35. The molecule has 1 aromatic rings. The van der Waals surface area contributed by atoms with Crippen LogP contribution in [0.5, 0.6) is 11.5 Å². The zero-order valence-electron chi connectivity index (χ0n) is 7.60. The smallest absolute Gasteiger partial charge is 0.380 e. The monoisotopic (exact) mass is 198 g/mol. The second-order valence-electron chi connectivity index (χ2n) is 2.35. The van der Waals surface area contributed by atoms with Gasteiger partial charge >= 0.3 is 5.97 Å². The molecule has 0 aliphatic rings. The molecule has 0 aliphatic heterocycles. The zero-order valence-corrected chi connectivity index (χ0v) is 7.60. The third kappa shape index (κ3) is 2.63. The normalized spacial score (nSPS) is 9.29. The predicted molar refractivity (Wildman–Crippen MR) is 46.8 cm³/mol. The molecule has 5 nitrogen and oxygen atoms in total. The molecule has 0 amide bonds. The Balaban J connectivity index is 2.61. The molecule has 76 valence electrons. The van der Waals surface area contributed by atoms with Gasteiger partial charge in [0.25, 0.3) is 0 Å². The molecule has 0 atom stereocenters. The molecule has 1 aromatic carbocycles. The lowest BCUT2D eigenvalue weighted by Crippen LogP contribution is -2.11. The fraction of sp³-hybridized carbons (Fsp3) is 0.222. The van der Waals surface area contributed by atoms with Gasteiger partial charge in [-0.3, -0.25) is 4.89 Å². The van der Waals surface area contributed by atoms with Crippen LogP contribution < -0.4 is 9.62 Å². The van der Waals surface area contributed by atoms with E-state index in [0.717, 1.165) is 0 Å². The molecule has 14 heavy (non-hydrogen) atoms. The van der Waals surface area contributed by atoms with E-state index >= 15 is 0 Å². The van der Waals surface area contributed by atoms with E-state index in [4.69, 9.17) is 9.84 Å². The van der Waals surface area contributed by atoms with Crippen molar-refractivity contribution in [2.75, 3.05) is 13.7 Å². The van der Waals surface area contributed by atoms with Crippen molar-refractivity contribution in [1.82, 2.24) is 0 Å². The van der Waals surface area contributed by atoms with Gasteiger partial charge in [-0.25, -0.2) is 9.68 Å². The molecule has 1 rings (SSSR count). The molecule has 0 bridgehead atoms. The molecule has 0 heterocycles. The maximum absolute atomic E-state index is 10.5. The highest BCUT2D eigenvalue weighted by Gasteiger charge is 2.06. The largest absolute Gasteiger partial charge is 0.493 e. The Morgan fingerprint density at radius 3 is 2.57 bits per heavy atom. The van der Waals surface area contributed by atoms with E-state index in [-0.39, 0.29) is 5.75 Å². The zero-order chi connectivity index (χ0) is 10.4. The van der Waals surface area contributed by atoms with Crippen molar-refractivity contribution in [3.63, 3.8) is 0 Å². The van der Waals surface area contributed by atoms with Crippen LogP contribution in [0.4, 0.5) is 0 Å². The summed E-state index contributed by atoms with van der Waals surface area (Å²) < 4.78 is 4.93. The minimum Gasteiger partial charge on any atom is -0.493 e. The van der Waals surface area contributed by atoms with Crippen molar-refractivity contribution in [1.29, 1.82) is 0 Å². The highest BCUT2D eigenvalue weighted by atomic mass is 17.2. The Morgan fingerprint density at radius 2 is 2.00 bits per heavy atom. The molecule has 1 N–H and O–H groups in total. The fourth-order valence-corrected chi connectivity index (χ4v) is 0.805. The van der Waals surface area contributed by atoms with Gasteiger partial charge in [0.2, 0.25) is 5.75 Å². The van der Waals surface area contributed by atoms with Crippen molar-refractivity contribution in [2.24, 2.45) is 0 Å². The van der Waals surface area contributed by atoms with Crippen molar-refractivity contribution in [3.8, 4) is 11.5 Å².